The molecule has 0 aliphatic heterocycles. The Balaban J connectivity index is 2.08. The maximum absolute atomic E-state index is 9.48. The average Bonchev–Trinajstić information content (AvgIpc) is 2.89. The minimum absolute atomic E-state index is 0.325. The van der Waals surface area contributed by atoms with E-state index in [1.165, 1.54) is 0 Å². The van der Waals surface area contributed by atoms with Crippen LogP contribution in [0.25, 0.3) is 0 Å². The van der Waals surface area contributed by atoms with Gasteiger partial charge in [-0.1, -0.05) is 13.3 Å². The Kier molecular flexibility index (Phi) is 9.60. The fraction of sp³-hybridized carbons (Fsp3) is 0.938. The summed E-state index contributed by atoms with van der Waals surface area (Å²) in [5, 5.41) is 12.9. The van der Waals surface area contributed by atoms with Gasteiger partial charge in [-0.25, -0.2) is 0 Å². The molecule has 0 heterocycles. The summed E-state index contributed by atoms with van der Waals surface area (Å²) in [6, 6.07) is 2.51. The lowest BCUT2D eigenvalue weighted by Crippen LogP contribution is -2.47. The van der Waals surface area contributed by atoms with E-state index >= 15 is 0 Å². The van der Waals surface area contributed by atoms with Crippen molar-refractivity contribution in [3.63, 3.8) is 0 Å². The van der Waals surface area contributed by atoms with Gasteiger partial charge < -0.3 is 14.2 Å². The molecule has 0 aromatic rings. The first-order valence-electron chi connectivity index (χ1n) is 8.09. The normalized spacial score (nSPS) is 25.1. The molecular weight excluding hydrogens is 268 g/mol. The van der Waals surface area contributed by atoms with Crippen LogP contribution in [-0.2, 0) is 14.2 Å². The monoisotopic (exact) mass is 298 g/mol. The van der Waals surface area contributed by atoms with E-state index in [-0.39, 0.29) is 5.54 Å². The molecule has 2 atom stereocenters. The molecule has 5 nitrogen and oxygen atoms in total. The highest BCUT2D eigenvalue weighted by Gasteiger charge is 2.42. The zero-order valence-electron chi connectivity index (χ0n) is 13.5. The summed E-state index contributed by atoms with van der Waals surface area (Å²) in [5.74, 6) is 0.407. The fourth-order valence-electron chi connectivity index (χ4n) is 3.06. The van der Waals surface area contributed by atoms with Crippen molar-refractivity contribution < 1.29 is 14.2 Å². The number of methoxy groups -OCH3 is 1. The standard InChI is InChI=1S/C16H30N2O3/c1-3-18-16(14-17)8-4-6-15(16)7-11-21-13-12-20-10-5-9-19-2/h15,18H,3-13H2,1-2H3. The van der Waals surface area contributed by atoms with Crippen LogP contribution in [0.1, 0.15) is 39.0 Å². The van der Waals surface area contributed by atoms with E-state index in [9.17, 15) is 5.26 Å². The summed E-state index contributed by atoms with van der Waals surface area (Å²) in [6.45, 7) is 6.33. The summed E-state index contributed by atoms with van der Waals surface area (Å²) in [7, 11) is 1.70. The van der Waals surface area contributed by atoms with Crippen molar-refractivity contribution in [2.45, 2.75) is 44.6 Å². The molecule has 0 bridgehead atoms. The molecule has 1 aliphatic carbocycles. The highest BCUT2D eigenvalue weighted by Crippen LogP contribution is 2.37. The molecule has 2 unspecified atom stereocenters. The molecule has 0 spiro atoms. The summed E-state index contributed by atoms with van der Waals surface area (Å²) in [5.41, 5.74) is -0.325. The van der Waals surface area contributed by atoms with Crippen LogP contribution in [0.5, 0.6) is 0 Å². The van der Waals surface area contributed by atoms with Gasteiger partial charge in [0.05, 0.1) is 19.3 Å². The first kappa shape index (κ1) is 18.4. The van der Waals surface area contributed by atoms with E-state index in [0.29, 0.717) is 25.7 Å². The Morgan fingerprint density at radius 1 is 1.19 bits per heavy atom. The van der Waals surface area contributed by atoms with Crippen molar-refractivity contribution in [1.29, 1.82) is 5.26 Å². The Bertz CT molecular complexity index is 306. The lowest BCUT2D eigenvalue weighted by molar-refractivity contribution is 0.0339. The topological polar surface area (TPSA) is 63.5 Å². The van der Waals surface area contributed by atoms with Gasteiger partial charge in [0.2, 0.25) is 0 Å². The van der Waals surface area contributed by atoms with Gasteiger partial charge in [0.1, 0.15) is 5.54 Å². The SMILES string of the molecule is CCNC1(C#N)CCCC1CCOCCOCCCOC. The third-order valence-electron chi connectivity index (χ3n) is 4.13. The molecule has 0 aromatic carbocycles. The summed E-state index contributed by atoms with van der Waals surface area (Å²) < 4.78 is 16.0. The lowest BCUT2D eigenvalue weighted by Gasteiger charge is -2.29. The minimum atomic E-state index is -0.325. The van der Waals surface area contributed by atoms with Crippen LogP contribution < -0.4 is 5.32 Å². The van der Waals surface area contributed by atoms with E-state index in [1.54, 1.807) is 7.11 Å². The zero-order valence-corrected chi connectivity index (χ0v) is 13.5. The molecule has 1 rings (SSSR count). The molecule has 1 fully saturated rings. The highest BCUT2D eigenvalue weighted by atomic mass is 16.5. The highest BCUT2D eigenvalue weighted by molar-refractivity contribution is 5.13. The van der Waals surface area contributed by atoms with Crippen LogP contribution in [0, 0.1) is 17.2 Å². The third-order valence-corrected chi connectivity index (χ3v) is 4.13. The number of nitrogens with zero attached hydrogens (tertiary/aromatic N) is 1. The minimum Gasteiger partial charge on any atom is -0.385 e. The van der Waals surface area contributed by atoms with Gasteiger partial charge in [-0.15, -0.1) is 0 Å². The second-order valence-electron chi connectivity index (χ2n) is 5.56. The van der Waals surface area contributed by atoms with Gasteiger partial charge in [-0.3, -0.25) is 5.32 Å². The first-order chi connectivity index (χ1) is 10.3. The number of ether oxygens (including phenoxy) is 3. The van der Waals surface area contributed by atoms with Gasteiger partial charge >= 0.3 is 0 Å². The summed E-state index contributed by atoms with van der Waals surface area (Å²) in [6.07, 6.45) is 5.09. The van der Waals surface area contributed by atoms with Gasteiger partial charge in [-0.05, 0) is 38.1 Å². The number of rotatable bonds is 12. The van der Waals surface area contributed by atoms with Crippen LogP contribution in [0.3, 0.4) is 0 Å². The molecular formula is C16H30N2O3. The molecule has 0 amide bonds. The molecule has 1 aliphatic rings. The third kappa shape index (κ3) is 6.31. The van der Waals surface area contributed by atoms with Crippen LogP contribution in [-0.4, -0.2) is 52.2 Å². The molecule has 21 heavy (non-hydrogen) atoms. The molecule has 5 heteroatoms. The number of nitrogens with one attached hydrogen (secondary N) is 1. The second kappa shape index (κ2) is 11.0. The lowest BCUT2D eigenvalue weighted by atomic mass is 9.86. The van der Waals surface area contributed by atoms with Gasteiger partial charge in [0.25, 0.3) is 0 Å². The van der Waals surface area contributed by atoms with Gasteiger partial charge in [0.15, 0.2) is 0 Å². The Morgan fingerprint density at radius 2 is 1.95 bits per heavy atom. The van der Waals surface area contributed by atoms with E-state index in [1.807, 2.05) is 0 Å². The fourth-order valence-corrected chi connectivity index (χ4v) is 3.06. The first-order valence-corrected chi connectivity index (χ1v) is 8.09. The number of nitriles is 1. The molecule has 1 N–H and O–H groups in total. The van der Waals surface area contributed by atoms with Crippen LogP contribution in [0.4, 0.5) is 0 Å². The summed E-state index contributed by atoms with van der Waals surface area (Å²) in [4.78, 5) is 0. The number of hydrogen-bond acceptors (Lipinski definition) is 5. The van der Waals surface area contributed by atoms with Crippen molar-refractivity contribution in [3.8, 4) is 6.07 Å². The summed E-state index contributed by atoms with van der Waals surface area (Å²) >= 11 is 0. The van der Waals surface area contributed by atoms with E-state index in [2.05, 4.69) is 18.3 Å². The smallest absolute Gasteiger partial charge is 0.109 e. The van der Waals surface area contributed by atoms with E-state index in [4.69, 9.17) is 14.2 Å². The van der Waals surface area contributed by atoms with Crippen molar-refractivity contribution in [3.05, 3.63) is 0 Å². The van der Waals surface area contributed by atoms with Crippen molar-refractivity contribution in [2.24, 2.45) is 5.92 Å². The van der Waals surface area contributed by atoms with Crippen molar-refractivity contribution in [1.82, 2.24) is 5.32 Å². The molecule has 1 saturated carbocycles. The Morgan fingerprint density at radius 3 is 2.62 bits per heavy atom. The van der Waals surface area contributed by atoms with Crippen molar-refractivity contribution >= 4 is 0 Å². The van der Waals surface area contributed by atoms with Crippen LogP contribution >= 0.6 is 0 Å². The van der Waals surface area contributed by atoms with Crippen LogP contribution in [0.2, 0.25) is 0 Å². The molecule has 0 radical (unpaired) electrons. The maximum Gasteiger partial charge on any atom is 0.109 e. The Labute approximate surface area is 128 Å². The molecule has 0 aromatic heterocycles. The predicted molar refractivity (Wildman–Crippen MR) is 82.1 cm³/mol. The van der Waals surface area contributed by atoms with E-state index in [0.717, 1.165) is 51.9 Å². The van der Waals surface area contributed by atoms with Gasteiger partial charge in [-0.2, -0.15) is 5.26 Å². The van der Waals surface area contributed by atoms with Crippen LogP contribution in [0.15, 0.2) is 0 Å². The molecule has 122 valence electrons. The maximum atomic E-state index is 9.48. The largest absolute Gasteiger partial charge is 0.385 e. The average molecular weight is 298 g/mol. The Hall–Kier alpha value is -0.670. The number of hydrogen-bond donors (Lipinski definition) is 1. The second-order valence-corrected chi connectivity index (χ2v) is 5.56. The van der Waals surface area contributed by atoms with Crippen molar-refractivity contribution in [2.75, 3.05) is 46.7 Å². The quantitative estimate of drug-likeness (QED) is 0.559. The van der Waals surface area contributed by atoms with Gasteiger partial charge in [0, 0.05) is 26.9 Å². The molecule has 0 saturated heterocycles. The van der Waals surface area contributed by atoms with E-state index < -0.39 is 0 Å². The predicted octanol–water partition coefficient (Wildman–Crippen LogP) is 2.12. The zero-order chi connectivity index (χ0) is 15.4.